The second-order valence-corrected chi connectivity index (χ2v) is 5.48. The number of nitrogens with one attached hydrogen (secondary N) is 1. The van der Waals surface area contributed by atoms with Crippen LogP contribution in [0.2, 0.25) is 0 Å². The van der Waals surface area contributed by atoms with Gasteiger partial charge < -0.3 is 4.98 Å². The van der Waals surface area contributed by atoms with Crippen molar-refractivity contribution in [3.8, 4) is 17.2 Å². The molecule has 2 heterocycles. The molecular weight excluding hydrogens is 286 g/mol. The number of H-pyrrole nitrogens is 1. The average Bonchev–Trinajstić information content (AvgIpc) is 2.95. The van der Waals surface area contributed by atoms with Crippen LogP contribution in [0.5, 0.6) is 0 Å². The number of pyridine rings is 1. The van der Waals surface area contributed by atoms with Gasteiger partial charge in [0.15, 0.2) is 0 Å². The lowest BCUT2D eigenvalue weighted by Gasteiger charge is -2.09. The zero-order valence-electron chi connectivity index (χ0n) is 12.5. The van der Waals surface area contributed by atoms with E-state index in [-0.39, 0.29) is 5.56 Å². The molecule has 2 aromatic carbocycles. The van der Waals surface area contributed by atoms with Crippen molar-refractivity contribution in [2.24, 2.45) is 0 Å². The molecule has 0 aliphatic heterocycles. The molecule has 0 radical (unpaired) electrons. The molecule has 0 unspecified atom stereocenters. The van der Waals surface area contributed by atoms with Crippen LogP contribution in [-0.4, -0.2) is 9.38 Å². The smallest absolute Gasteiger partial charge is 0.265 e. The summed E-state index contributed by atoms with van der Waals surface area (Å²) in [5, 5.41) is 9.62. The number of benzene rings is 2. The Morgan fingerprint density at radius 1 is 1.04 bits per heavy atom. The minimum absolute atomic E-state index is 0.111. The standard InChI is InChI=1S/C19H13N3O/c1-12-14(11-20)18-21-15-9-5-6-10-16(15)22(18)19(23)17(12)13-7-3-2-4-8-13/h2-10,21H,1H3. The lowest BCUT2D eigenvalue weighted by Crippen LogP contribution is -2.18. The third-order valence-electron chi connectivity index (χ3n) is 4.20. The van der Waals surface area contributed by atoms with E-state index >= 15 is 0 Å². The summed E-state index contributed by atoms with van der Waals surface area (Å²) in [5.41, 5.74) is 4.66. The van der Waals surface area contributed by atoms with Crippen molar-refractivity contribution in [3.05, 3.63) is 76.1 Å². The predicted octanol–water partition coefficient (Wildman–Crippen LogP) is 3.63. The van der Waals surface area contributed by atoms with E-state index in [0.29, 0.717) is 22.3 Å². The summed E-state index contributed by atoms with van der Waals surface area (Å²) < 4.78 is 1.60. The Hall–Kier alpha value is -3.32. The maximum absolute atomic E-state index is 13.1. The molecule has 23 heavy (non-hydrogen) atoms. The van der Waals surface area contributed by atoms with E-state index in [4.69, 9.17) is 0 Å². The molecular formula is C19H13N3O. The summed E-state index contributed by atoms with van der Waals surface area (Å²) in [6.07, 6.45) is 0. The van der Waals surface area contributed by atoms with Crippen molar-refractivity contribution >= 4 is 16.7 Å². The number of para-hydroxylation sites is 2. The fourth-order valence-electron chi connectivity index (χ4n) is 3.12. The maximum Gasteiger partial charge on any atom is 0.265 e. The summed E-state index contributed by atoms with van der Waals surface area (Å²) >= 11 is 0. The molecule has 0 atom stereocenters. The molecule has 0 saturated heterocycles. The fraction of sp³-hybridized carbons (Fsp3) is 0.0526. The first-order chi connectivity index (χ1) is 11.2. The van der Waals surface area contributed by atoms with Crippen LogP contribution in [0.25, 0.3) is 27.8 Å². The Balaban J connectivity index is 2.28. The van der Waals surface area contributed by atoms with Gasteiger partial charge in [0.05, 0.1) is 22.2 Å². The average molecular weight is 299 g/mol. The van der Waals surface area contributed by atoms with Crippen LogP contribution in [0.4, 0.5) is 0 Å². The van der Waals surface area contributed by atoms with Gasteiger partial charge in [-0.25, -0.2) is 0 Å². The molecule has 4 aromatic rings. The van der Waals surface area contributed by atoms with Crippen LogP contribution in [0.3, 0.4) is 0 Å². The third kappa shape index (κ3) is 1.80. The summed E-state index contributed by atoms with van der Waals surface area (Å²) in [5.74, 6) is 0. The molecule has 0 bridgehead atoms. The van der Waals surface area contributed by atoms with Gasteiger partial charge in [0, 0.05) is 0 Å². The molecule has 0 fully saturated rings. The van der Waals surface area contributed by atoms with E-state index in [0.717, 1.165) is 16.6 Å². The Morgan fingerprint density at radius 2 is 1.74 bits per heavy atom. The van der Waals surface area contributed by atoms with Crippen molar-refractivity contribution in [3.63, 3.8) is 0 Å². The van der Waals surface area contributed by atoms with Crippen LogP contribution in [-0.2, 0) is 0 Å². The largest absolute Gasteiger partial charge is 0.338 e. The van der Waals surface area contributed by atoms with Gasteiger partial charge in [-0.2, -0.15) is 5.26 Å². The van der Waals surface area contributed by atoms with Gasteiger partial charge in [-0.3, -0.25) is 9.20 Å². The van der Waals surface area contributed by atoms with Crippen molar-refractivity contribution in [1.29, 1.82) is 5.26 Å². The lowest BCUT2D eigenvalue weighted by atomic mass is 9.99. The number of hydrogen-bond donors (Lipinski definition) is 1. The minimum atomic E-state index is -0.111. The molecule has 4 rings (SSSR count). The number of nitriles is 1. The Bertz CT molecular complexity index is 1140. The van der Waals surface area contributed by atoms with E-state index in [2.05, 4.69) is 11.1 Å². The van der Waals surface area contributed by atoms with E-state index < -0.39 is 0 Å². The second-order valence-electron chi connectivity index (χ2n) is 5.48. The third-order valence-corrected chi connectivity index (χ3v) is 4.20. The highest BCUT2D eigenvalue weighted by Gasteiger charge is 2.19. The molecule has 4 heteroatoms. The maximum atomic E-state index is 13.1. The highest BCUT2D eigenvalue weighted by Crippen LogP contribution is 2.26. The molecule has 0 saturated carbocycles. The highest BCUT2D eigenvalue weighted by atomic mass is 16.1. The second kappa shape index (κ2) is 4.85. The van der Waals surface area contributed by atoms with Gasteiger partial charge in [-0.15, -0.1) is 0 Å². The van der Waals surface area contributed by atoms with Gasteiger partial charge in [-0.1, -0.05) is 42.5 Å². The number of imidazole rings is 1. The number of hydrogen-bond acceptors (Lipinski definition) is 2. The van der Waals surface area contributed by atoms with Crippen molar-refractivity contribution in [1.82, 2.24) is 9.38 Å². The van der Waals surface area contributed by atoms with E-state index in [1.165, 1.54) is 0 Å². The zero-order chi connectivity index (χ0) is 16.0. The quantitative estimate of drug-likeness (QED) is 0.583. The molecule has 0 aliphatic rings. The van der Waals surface area contributed by atoms with Crippen LogP contribution < -0.4 is 5.56 Å². The first-order valence-corrected chi connectivity index (χ1v) is 7.34. The summed E-state index contributed by atoms with van der Waals surface area (Å²) in [6.45, 7) is 1.83. The number of fused-ring (bicyclic) bond motifs is 3. The number of aromatic nitrogens is 2. The first kappa shape index (κ1) is 13.4. The van der Waals surface area contributed by atoms with Gasteiger partial charge >= 0.3 is 0 Å². The number of rotatable bonds is 1. The summed E-state index contributed by atoms with van der Waals surface area (Å²) in [7, 11) is 0. The van der Waals surface area contributed by atoms with Gasteiger partial charge in [0.1, 0.15) is 11.7 Å². The number of nitrogens with zero attached hydrogens (tertiary/aromatic N) is 2. The molecule has 110 valence electrons. The molecule has 2 aromatic heterocycles. The fourth-order valence-corrected chi connectivity index (χ4v) is 3.12. The van der Waals surface area contributed by atoms with E-state index in [1.807, 2.05) is 61.5 Å². The lowest BCUT2D eigenvalue weighted by molar-refractivity contribution is 1.13. The molecule has 0 spiro atoms. The Kier molecular flexibility index (Phi) is 2.82. The monoisotopic (exact) mass is 299 g/mol. The van der Waals surface area contributed by atoms with Gasteiger partial charge in [0.25, 0.3) is 5.56 Å². The predicted molar refractivity (Wildman–Crippen MR) is 90.4 cm³/mol. The zero-order valence-corrected chi connectivity index (χ0v) is 12.5. The molecule has 4 nitrogen and oxygen atoms in total. The topological polar surface area (TPSA) is 61.1 Å². The van der Waals surface area contributed by atoms with Crippen LogP contribution in [0.15, 0.2) is 59.4 Å². The molecule has 1 N–H and O–H groups in total. The molecule has 0 amide bonds. The summed E-state index contributed by atoms with van der Waals surface area (Å²) in [4.78, 5) is 16.3. The SMILES string of the molecule is Cc1c(-c2ccccc2)c(=O)n2c([nH]c3ccccc32)c1C#N. The van der Waals surface area contributed by atoms with Gasteiger partial charge in [-0.05, 0) is 30.2 Å². The summed E-state index contributed by atoms with van der Waals surface area (Å²) in [6, 6.07) is 19.3. The van der Waals surface area contributed by atoms with E-state index in [9.17, 15) is 10.1 Å². The first-order valence-electron chi connectivity index (χ1n) is 7.34. The Labute approximate surface area is 132 Å². The van der Waals surface area contributed by atoms with Crippen molar-refractivity contribution < 1.29 is 0 Å². The number of aromatic amines is 1. The van der Waals surface area contributed by atoms with Crippen molar-refractivity contribution in [2.75, 3.05) is 0 Å². The van der Waals surface area contributed by atoms with Crippen LogP contribution in [0, 0.1) is 18.3 Å². The van der Waals surface area contributed by atoms with Gasteiger partial charge in [0.2, 0.25) is 0 Å². The normalized spacial score (nSPS) is 11.0. The van der Waals surface area contributed by atoms with E-state index in [1.54, 1.807) is 4.40 Å². The van der Waals surface area contributed by atoms with Crippen LogP contribution >= 0.6 is 0 Å². The van der Waals surface area contributed by atoms with Crippen molar-refractivity contribution in [2.45, 2.75) is 6.92 Å². The van der Waals surface area contributed by atoms with Crippen LogP contribution in [0.1, 0.15) is 11.1 Å². The minimum Gasteiger partial charge on any atom is -0.338 e. The highest BCUT2D eigenvalue weighted by molar-refractivity contribution is 5.85. The molecule has 0 aliphatic carbocycles. The Morgan fingerprint density at radius 3 is 2.48 bits per heavy atom.